The molecule has 1 saturated carbocycles. The Morgan fingerprint density at radius 2 is 1.85 bits per heavy atom. The van der Waals surface area contributed by atoms with Gasteiger partial charge in [0.15, 0.2) is 0 Å². The molecule has 1 rings (SSSR count). The number of hydrogen-bond acceptors (Lipinski definition) is 2. The summed E-state index contributed by atoms with van der Waals surface area (Å²) in [5.74, 6) is 0.441. The Bertz CT molecular complexity index is 260. The third-order valence-corrected chi connectivity index (χ3v) is 4.67. The fraction of sp³-hybridized carbons (Fsp3) is 0.944. The van der Waals surface area contributed by atoms with Gasteiger partial charge in [-0.2, -0.15) is 0 Å². The Morgan fingerprint density at radius 3 is 2.55 bits per heavy atom. The molecule has 0 aromatic carbocycles. The Labute approximate surface area is 125 Å². The minimum absolute atomic E-state index is 0.323. The molecule has 0 spiro atoms. The van der Waals surface area contributed by atoms with Gasteiger partial charge < -0.3 is 9.53 Å². The molecule has 0 radical (unpaired) electrons. The molecule has 1 aliphatic carbocycles. The van der Waals surface area contributed by atoms with Crippen LogP contribution in [0.1, 0.15) is 85.0 Å². The maximum Gasteiger partial charge on any atom is 0.120 e. The van der Waals surface area contributed by atoms with Crippen molar-refractivity contribution >= 4 is 6.29 Å². The second kappa shape index (κ2) is 9.55. The van der Waals surface area contributed by atoms with Crippen molar-refractivity contribution in [2.75, 3.05) is 6.61 Å². The van der Waals surface area contributed by atoms with Gasteiger partial charge in [-0.15, -0.1) is 0 Å². The smallest absolute Gasteiger partial charge is 0.120 e. The minimum atomic E-state index is 0.323. The summed E-state index contributed by atoms with van der Waals surface area (Å²) in [4.78, 5) is 10.9. The number of unbranched alkanes of at least 4 members (excludes halogenated alkanes) is 5. The number of hydrogen-bond donors (Lipinski definition) is 0. The van der Waals surface area contributed by atoms with E-state index in [1.54, 1.807) is 0 Å². The summed E-state index contributed by atoms with van der Waals surface area (Å²) in [6, 6.07) is 0. The van der Waals surface area contributed by atoms with Gasteiger partial charge in [0.25, 0.3) is 0 Å². The first-order valence-electron chi connectivity index (χ1n) is 8.64. The van der Waals surface area contributed by atoms with E-state index < -0.39 is 0 Å². The van der Waals surface area contributed by atoms with Gasteiger partial charge in [0.1, 0.15) is 6.29 Å². The SMILES string of the molecule is CCCCCCCCO[C@H]1CCC(C)(C)C[C@H]1CC=O. The van der Waals surface area contributed by atoms with Crippen LogP contribution < -0.4 is 0 Å². The van der Waals surface area contributed by atoms with Crippen LogP contribution in [0, 0.1) is 11.3 Å². The van der Waals surface area contributed by atoms with E-state index in [2.05, 4.69) is 20.8 Å². The number of carbonyl (C=O) groups excluding carboxylic acids is 1. The first-order valence-corrected chi connectivity index (χ1v) is 8.64. The Balaban J connectivity index is 2.19. The van der Waals surface area contributed by atoms with E-state index in [0.717, 1.165) is 25.7 Å². The van der Waals surface area contributed by atoms with E-state index in [4.69, 9.17) is 4.74 Å². The van der Waals surface area contributed by atoms with Gasteiger partial charge in [0, 0.05) is 13.0 Å². The van der Waals surface area contributed by atoms with E-state index >= 15 is 0 Å². The fourth-order valence-corrected chi connectivity index (χ4v) is 3.41. The molecule has 0 unspecified atom stereocenters. The molecule has 0 aromatic heterocycles. The lowest BCUT2D eigenvalue weighted by atomic mass is 9.70. The van der Waals surface area contributed by atoms with Crippen molar-refractivity contribution in [2.45, 2.75) is 91.1 Å². The van der Waals surface area contributed by atoms with Gasteiger partial charge in [0.05, 0.1) is 6.10 Å². The van der Waals surface area contributed by atoms with Gasteiger partial charge in [-0.3, -0.25) is 0 Å². The molecule has 1 fully saturated rings. The Kier molecular flexibility index (Phi) is 8.44. The van der Waals surface area contributed by atoms with Crippen molar-refractivity contribution in [3.8, 4) is 0 Å². The normalized spacial score (nSPS) is 25.6. The van der Waals surface area contributed by atoms with Crippen molar-refractivity contribution in [1.29, 1.82) is 0 Å². The summed E-state index contributed by atoms with van der Waals surface area (Å²) in [6.07, 6.45) is 13.4. The van der Waals surface area contributed by atoms with E-state index in [1.807, 2.05) is 0 Å². The number of carbonyl (C=O) groups is 1. The lowest BCUT2D eigenvalue weighted by Crippen LogP contribution is -2.35. The van der Waals surface area contributed by atoms with E-state index in [1.165, 1.54) is 44.9 Å². The van der Waals surface area contributed by atoms with Gasteiger partial charge in [-0.25, -0.2) is 0 Å². The van der Waals surface area contributed by atoms with Crippen LogP contribution in [-0.2, 0) is 9.53 Å². The fourth-order valence-electron chi connectivity index (χ4n) is 3.41. The molecule has 0 N–H and O–H groups in total. The number of rotatable bonds is 10. The Morgan fingerprint density at radius 1 is 1.15 bits per heavy atom. The van der Waals surface area contributed by atoms with Crippen molar-refractivity contribution in [3.05, 3.63) is 0 Å². The molecule has 0 aliphatic heterocycles. The van der Waals surface area contributed by atoms with Crippen LogP contribution >= 0.6 is 0 Å². The largest absolute Gasteiger partial charge is 0.378 e. The predicted octanol–water partition coefficient (Wildman–Crippen LogP) is 5.15. The van der Waals surface area contributed by atoms with Crippen LogP contribution in [0.25, 0.3) is 0 Å². The lowest BCUT2D eigenvalue weighted by Gasteiger charge is -2.40. The van der Waals surface area contributed by atoms with Crippen molar-refractivity contribution < 1.29 is 9.53 Å². The molecule has 0 heterocycles. The Hall–Kier alpha value is -0.370. The third-order valence-electron chi connectivity index (χ3n) is 4.67. The predicted molar refractivity (Wildman–Crippen MR) is 84.9 cm³/mol. The van der Waals surface area contributed by atoms with Crippen LogP contribution in [0.2, 0.25) is 0 Å². The number of ether oxygens (including phenoxy) is 1. The molecule has 0 aromatic rings. The first-order chi connectivity index (χ1) is 9.59. The van der Waals surface area contributed by atoms with Gasteiger partial charge in [0.2, 0.25) is 0 Å². The highest BCUT2D eigenvalue weighted by Crippen LogP contribution is 2.41. The summed E-state index contributed by atoms with van der Waals surface area (Å²) in [6.45, 7) is 7.76. The summed E-state index contributed by atoms with van der Waals surface area (Å²) in [7, 11) is 0. The van der Waals surface area contributed by atoms with E-state index in [0.29, 0.717) is 23.9 Å². The van der Waals surface area contributed by atoms with Crippen molar-refractivity contribution in [1.82, 2.24) is 0 Å². The van der Waals surface area contributed by atoms with Gasteiger partial charge >= 0.3 is 0 Å². The first kappa shape index (κ1) is 17.7. The molecular weight excluding hydrogens is 248 g/mol. The molecule has 118 valence electrons. The van der Waals surface area contributed by atoms with Gasteiger partial charge in [-0.1, -0.05) is 52.9 Å². The zero-order valence-corrected chi connectivity index (χ0v) is 13.8. The topological polar surface area (TPSA) is 26.3 Å². The zero-order chi connectivity index (χ0) is 14.8. The van der Waals surface area contributed by atoms with Crippen molar-refractivity contribution in [2.24, 2.45) is 11.3 Å². The quantitative estimate of drug-likeness (QED) is 0.409. The molecule has 0 amide bonds. The number of aldehydes is 1. The standard InChI is InChI=1S/C18H34O2/c1-4-5-6-7-8-9-14-20-17-10-12-18(2,3)15-16(17)11-13-19/h13,16-17H,4-12,14-15H2,1-3H3/t16-,17+/m1/s1. The molecule has 1 aliphatic rings. The van der Waals surface area contributed by atoms with E-state index in [9.17, 15) is 4.79 Å². The van der Waals surface area contributed by atoms with Crippen LogP contribution in [0.3, 0.4) is 0 Å². The lowest BCUT2D eigenvalue weighted by molar-refractivity contribution is -0.111. The summed E-state index contributed by atoms with van der Waals surface area (Å²) >= 11 is 0. The molecule has 0 bridgehead atoms. The summed E-state index contributed by atoms with van der Waals surface area (Å²) in [5, 5.41) is 0. The van der Waals surface area contributed by atoms with Crippen molar-refractivity contribution in [3.63, 3.8) is 0 Å². The highest BCUT2D eigenvalue weighted by Gasteiger charge is 2.34. The second-order valence-corrected chi connectivity index (χ2v) is 7.25. The maximum atomic E-state index is 10.9. The van der Waals surface area contributed by atoms with E-state index in [-0.39, 0.29) is 0 Å². The molecule has 2 nitrogen and oxygen atoms in total. The molecule has 2 atom stereocenters. The average Bonchev–Trinajstić information content (AvgIpc) is 2.39. The van der Waals surface area contributed by atoms with Crippen LogP contribution in [0.5, 0.6) is 0 Å². The molecule has 2 heteroatoms. The molecular formula is C18H34O2. The molecule has 20 heavy (non-hydrogen) atoms. The van der Waals surface area contributed by atoms with Crippen LogP contribution in [0.15, 0.2) is 0 Å². The summed E-state index contributed by atoms with van der Waals surface area (Å²) < 4.78 is 6.09. The maximum absolute atomic E-state index is 10.9. The monoisotopic (exact) mass is 282 g/mol. The minimum Gasteiger partial charge on any atom is -0.378 e. The third kappa shape index (κ3) is 6.88. The zero-order valence-electron chi connectivity index (χ0n) is 13.8. The average molecular weight is 282 g/mol. The second-order valence-electron chi connectivity index (χ2n) is 7.25. The molecule has 0 saturated heterocycles. The van der Waals surface area contributed by atoms with Crippen LogP contribution in [0.4, 0.5) is 0 Å². The van der Waals surface area contributed by atoms with Crippen LogP contribution in [-0.4, -0.2) is 19.0 Å². The summed E-state index contributed by atoms with van der Waals surface area (Å²) in [5.41, 5.74) is 0.383. The highest BCUT2D eigenvalue weighted by molar-refractivity contribution is 5.49. The highest BCUT2D eigenvalue weighted by atomic mass is 16.5. The van der Waals surface area contributed by atoms with Gasteiger partial charge in [-0.05, 0) is 37.0 Å².